The van der Waals surface area contributed by atoms with Gasteiger partial charge in [0.15, 0.2) is 0 Å². The Labute approximate surface area is 558 Å². The minimum absolute atomic E-state index is 0.683. The molecule has 0 heterocycles. The van der Waals surface area contributed by atoms with E-state index in [2.05, 4.69) is 30.4 Å². The van der Waals surface area contributed by atoms with Crippen molar-refractivity contribution in [2.45, 2.75) is 141 Å². The second kappa shape index (κ2) is 43.5. The fourth-order valence-corrected chi connectivity index (χ4v) is 10.2. The molecular formula is C80H96N6O8. The number of nitrogens with zero attached hydrogens (tertiary/aromatic N) is 6. The third kappa shape index (κ3) is 29.1. The van der Waals surface area contributed by atoms with Crippen LogP contribution in [-0.4, -0.2) is 66.3 Å². The lowest BCUT2D eigenvalue weighted by atomic mass is 10.1. The number of ether oxygens (including phenoxy) is 8. The van der Waals surface area contributed by atoms with Gasteiger partial charge in [-0.15, -0.1) is 0 Å². The molecule has 0 radical (unpaired) electrons. The van der Waals surface area contributed by atoms with Crippen molar-refractivity contribution in [3.05, 3.63) is 205 Å². The Morgan fingerprint density at radius 3 is 0.574 bits per heavy atom. The van der Waals surface area contributed by atoms with Crippen molar-refractivity contribution in [1.82, 2.24) is 0 Å². The number of methoxy groups -OCH3 is 2. The summed E-state index contributed by atoms with van der Waals surface area (Å²) in [4.78, 5) is 9.34. The maximum absolute atomic E-state index is 6.03. The predicted molar refractivity (Wildman–Crippen MR) is 382 cm³/mol. The number of rotatable bonds is 47. The van der Waals surface area contributed by atoms with Crippen LogP contribution in [0.25, 0.3) is 0 Å². The van der Waals surface area contributed by atoms with Gasteiger partial charge in [-0.1, -0.05) is 89.9 Å². The highest BCUT2D eigenvalue weighted by molar-refractivity contribution is 5.82. The molecule has 0 aliphatic heterocycles. The lowest BCUT2D eigenvalue weighted by Crippen LogP contribution is -1.99. The van der Waals surface area contributed by atoms with E-state index in [4.69, 9.17) is 37.9 Å². The molecule has 0 spiro atoms. The summed E-state index contributed by atoms with van der Waals surface area (Å²) in [6, 6.07) is 62.7. The fourth-order valence-electron chi connectivity index (χ4n) is 10.2. The first-order valence-electron chi connectivity index (χ1n) is 34.1. The van der Waals surface area contributed by atoms with Gasteiger partial charge in [-0.2, -0.15) is 20.5 Å². The van der Waals surface area contributed by atoms with Gasteiger partial charge in [-0.3, -0.25) is 9.98 Å². The maximum Gasteiger partial charge on any atom is 0.119 e. The van der Waals surface area contributed by atoms with Crippen molar-refractivity contribution in [1.29, 1.82) is 0 Å². The van der Waals surface area contributed by atoms with Crippen molar-refractivity contribution < 1.29 is 37.9 Å². The zero-order valence-electron chi connectivity index (χ0n) is 55.4. The van der Waals surface area contributed by atoms with E-state index in [1.807, 2.05) is 207 Å². The van der Waals surface area contributed by atoms with Crippen LogP contribution in [0.1, 0.15) is 152 Å². The number of hydrogen-bond donors (Lipinski definition) is 0. The summed E-state index contributed by atoms with van der Waals surface area (Å²) in [5.74, 6) is 6.83. The van der Waals surface area contributed by atoms with Gasteiger partial charge in [0, 0.05) is 12.4 Å². The second-order valence-electron chi connectivity index (χ2n) is 23.3. The standard InChI is InChI=1S/C80H96N6O8/c1-87-73-45-33-69(34-46-73)83-85-71-37-53-79(54-38-71)93-59-21-15-11-7-3-5-9-13-19-57-89-75-41-25-65(26-42-75)63-81-67-29-49-77(50-30-67)91-61-23-17-18-24-62-92-78-51-31-68(32-52-78)82-64-66-27-43-76(44-28-66)90-58-20-14-10-6-4-8-12-16-22-60-94-80-55-39-72(40-56-80)86-84-70-35-47-74(88-2)48-36-70/h25-56,63-64H,3-24,57-62H2,1-2H3. The molecule has 494 valence electrons. The topological polar surface area (TPSA) is 148 Å². The van der Waals surface area contributed by atoms with E-state index in [0.29, 0.717) is 13.2 Å². The molecule has 0 saturated heterocycles. The van der Waals surface area contributed by atoms with E-state index in [1.54, 1.807) is 14.2 Å². The third-order valence-electron chi connectivity index (χ3n) is 15.8. The van der Waals surface area contributed by atoms with Crippen LogP contribution in [-0.2, 0) is 0 Å². The first kappa shape index (κ1) is 70.6. The van der Waals surface area contributed by atoms with Crippen LogP contribution in [0.5, 0.6) is 46.0 Å². The molecule has 0 bridgehead atoms. The zero-order chi connectivity index (χ0) is 65.0. The molecule has 0 atom stereocenters. The number of azo groups is 2. The van der Waals surface area contributed by atoms with Gasteiger partial charge in [-0.25, -0.2) is 0 Å². The van der Waals surface area contributed by atoms with Gasteiger partial charge in [0.05, 0.1) is 88.0 Å². The van der Waals surface area contributed by atoms with Crippen molar-refractivity contribution in [3.8, 4) is 46.0 Å². The molecule has 0 unspecified atom stereocenters. The van der Waals surface area contributed by atoms with Crippen LogP contribution in [0.2, 0.25) is 0 Å². The number of unbranched alkanes of at least 4 members (excludes halogenated alkanes) is 19. The van der Waals surface area contributed by atoms with Crippen LogP contribution in [0.4, 0.5) is 34.1 Å². The zero-order valence-corrected chi connectivity index (χ0v) is 55.4. The number of benzene rings is 8. The predicted octanol–water partition coefficient (Wildman–Crippen LogP) is 23.0. The highest BCUT2D eigenvalue weighted by Crippen LogP contribution is 2.27. The Bertz CT molecular complexity index is 3170. The summed E-state index contributed by atoms with van der Waals surface area (Å²) in [5.41, 5.74) is 6.97. The van der Waals surface area contributed by atoms with E-state index < -0.39 is 0 Å². The Kier molecular flexibility index (Phi) is 32.7. The molecule has 0 saturated carbocycles. The molecule has 8 rings (SSSR count). The van der Waals surface area contributed by atoms with Crippen LogP contribution in [0.15, 0.2) is 225 Å². The van der Waals surface area contributed by atoms with Crippen LogP contribution in [0.3, 0.4) is 0 Å². The van der Waals surface area contributed by atoms with E-state index in [-0.39, 0.29) is 0 Å². The van der Waals surface area contributed by atoms with Gasteiger partial charge in [0.1, 0.15) is 46.0 Å². The maximum atomic E-state index is 6.03. The summed E-state index contributed by atoms with van der Waals surface area (Å²) in [7, 11) is 3.30. The van der Waals surface area contributed by atoms with E-state index in [0.717, 1.165) is 169 Å². The molecule has 0 aromatic heterocycles. The molecule has 14 heteroatoms. The second-order valence-corrected chi connectivity index (χ2v) is 23.3. The summed E-state index contributed by atoms with van der Waals surface area (Å²) in [6.07, 6.45) is 29.6. The third-order valence-corrected chi connectivity index (χ3v) is 15.8. The number of hydrogen-bond acceptors (Lipinski definition) is 14. The molecule has 0 N–H and O–H groups in total. The monoisotopic (exact) mass is 1270 g/mol. The number of aliphatic imine (C=N–C) groups is 2. The average molecular weight is 1270 g/mol. The molecule has 94 heavy (non-hydrogen) atoms. The van der Waals surface area contributed by atoms with E-state index >= 15 is 0 Å². The van der Waals surface area contributed by atoms with Crippen LogP contribution in [0, 0.1) is 0 Å². The molecular weight excluding hydrogens is 1170 g/mol. The van der Waals surface area contributed by atoms with E-state index in [9.17, 15) is 0 Å². The summed E-state index contributed by atoms with van der Waals surface area (Å²) >= 11 is 0. The Morgan fingerprint density at radius 2 is 0.372 bits per heavy atom. The summed E-state index contributed by atoms with van der Waals surface area (Å²) < 4.78 is 46.4. The molecule has 0 aliphatic rings. The first-order chi connectivity index (χ1) is 46.5. The van der Waals surface area contributed by atoms with Gasteiger partial charge < -0.3 is 37.9 Å². The molecule has 8 aromatic carbocycles. The van der Waals surface area contributed by atoms with Crippen LogP contribution >= 0.6 is 0 Å². The van der Waals surface area contributed by atoms with Gasteiger partial charge in [0.25, 0.3) is 0 Å². The minimum atomic E-state index is 0.683. The highest BCUT2D eigenvalue weighted by atomic mass is 16.5. The smallest absolute Gasteiger partial charge is 0.119 e. The molecule has 0 amide bonds. The summed E-state index contributed by atoms with van der Waals surface area (Å²) in [5, 5.41) is 17.2. The quantitative estimate of drug-likeness (QED) is 0.0208. The molecule has 14 nitrogen and oxygen atoms in total. The minimum Gasteiger partial charge on any atom is -0.497 e. The van der Waals surface area contributed by atoms with E-state index in [1.165, 1.54) is 89.9 Å². The van der Waals surface area contributed by atoms with Gasteiger partial charge in [-0.05, 0) is 257 Å². The Balaban J connectivity index is 0.550. The van der Waals surface area contributed by atoms with Crippen molar-refractivity contribution >= 4 is 46.6 Å². The summed E-state index contributed by atoms with van der Waals surface area (Å²) in [6.45, 7) is 4.31. The van der Waals surface area contributed by atoms with Crippen molar-refractivity contribution in [3.63, 3.8) is 0 Å². The fraction of sp³-hybridized carbons (Fsp3) is 0.375. The Morgan fingerprint density at radius 1 is 0.202 bits per heavy atom. The van der Waals surface area contributed by atoms with Gasteiger partial charge >= 0.3 is 0 Å². The van der Waals surface area contributed by atoms with Crippen molar-refractivity contribution in [2.24, 2.45) is 30.4 Å². The van der Waals surface area contributed by atoms with Crippen molar-refractivity contribution in [2.75, 3.05) is 53.9 Å². The van der Waals surface area contributed by atoms with Gasteiger partial charge in [0.2, 0.25) is 0 Å². The first-order valence-corrected chi connectivity index (χ1v) is 34.1. The largest absolute Gasteiger partial charge is 0.497 e. The molecule has 0 fully saturated rings. The lowest BCUT2D eigenvalue weighted by molar-refractivity contribution is 0.287. The Hall–Kier alpha value is -9.30. The molecule has 8 aromatic rings. The lowest BCUT2D eigenvalue weighted by Gasteiger charge is -2.08. The SMILES string of the molecule is COc1ccc(N=Nc2ccc(OCCCCCCCCCCCOc3ccc(C=Nc4ccc(OCCCCCCOc5ccc(N=Cc6ccc(OCCCCCCCCCCCOc7ccc(N=Nc8ccc(OC)cc8)cc7)cc6)cc5)cc4)cc3)cc2)cc1. The molecule has 0 aliphatic carbocycles. The average Bonchev–Trinajstić information content (AvgIpc) is 3.21. The normalized spacial score (nSPS) is 11.5. The van der Waals surface area contributed by atoms with Crippen LogP contribution < -0.4 is 37.9 Å². The highest BCUT2D eigenvalue weighted by Gasteiger charge is 2.04.